The van der Waals surface area contributed by atoms with Gasteiger partial charge in [-0.1, -0.05) is 19.9 Å². The van der Waals surface area contributed by atoms with Gasteiger partial charge >= 0.3 is 0 Å². The quantitative estimate of drug-likeness (QED) is 0.126. The molecule has 0 aromatic rings. The maximum Gasteiger partial charge on any atom is 0.183 e. The van der Waals surface area contributed by atoms with E-state index in [9.17, 15) is 20.4 Å². The van der Waals surface area contributed by atoms with Crippen molar-refractivity contribution in [2.45, 2.75) is 96.1 Å². The molecule has 182 valence electrons. The molecule has 0 heterocycles. The first-order valence-electron chi connectivity index (χ1n) is 10.8. The van der Waals surface area contributed by atoms with Gasteiger partial charge in [0.1, 0.15) is 20.1 Å². The SMILES string of the molecule is [B]C(C)(CCNC(C)C=C)OCCC(C)(C)OC(C(O)C(O)OC)C(O)C(C)(C)CO. The zero-order valence-corrected chi connectivity index (χ0v) is 20.3. The summed E-state index contributed by atoms with van der Waals surface area (Å²) in [5.74, 6) is 0. The summed E-state index contributed by atoms with van der Waals surface area (Å²) in [6.07, 6.45) is -2.74. The van der Waals surface area contributed by atoms with Crippen LogP contribution in [0, 0.1) is 5.41 Å². The number of methoxy groups -OCH3 is 1. The van der Waals surface area contributed by atoms with Crippen LogP contribution in [0.5, 0.6) is 0 Å². The Labute approximate surface area is 189 Å². The van der Waals surface area contributed by atoms with E-state index < -0.39 is 41.1 Å². The van der Waals surface area contributed by atoms with E-state index in [2.05, 4.69) is 11.9 Å². The van der Waals surface area contributed by atoms with Crippen LogP contribution in [0.15, 0.2) is 12.7 Å². The van der Waals surface area contributed by atoms with Crippen LogP contribution in [0.2, 0.25) is 0 Å². The van der Waals surface area contributed by atoms with Gasteiger partial charge in [0.2, 0.25) is 0 Å². The number of aliphatic hydroxyl groups is 4. The van der Waals surface area contributed by atoms with Crippen LogP contribution < -0.4 is 5.32 Å². The average molecular weight is 445 g/mol. The van der Waals surface area contributed by atoms with Gasteiger partial charge in [0, 0.05) is 30.7 Å². The predicted octanol–water partition coefficient (Wildman–Crippen LogP) is 0.701. The lowest BCUT2D eigenvalue weighted by atomic mass is 9.80. The Morgan fingerprint density at radius 2 is 1.68 bits per heavy atom. The van der Waals surface area contributed by atoms with E-state index in [4.69, 9.17) is 22.1 Å². The van der Waals surface area contributed by atoms with E-state index in [0.717, 1.165) is 0 Å². The van der Waals surface area contributed by atoms with E-state index >= 15 is 0 Å². The van der Waals surface area contributed by atoms with Crippen molar-refractivity contribution in [1.82, 2.24) is 5.32 Å². The lowest BCUT2D eigenvalue weighted by molar-refractivity contribution is -0.242. The molecule has 0 amide bonds. The number of hydrogen-bond acceptors (Lipinski definition) is 8. The fourth-order valence-electron chi connectivity index (χ4n) is 2.82. The van der Waals surface area contributed by atoms with Gasteiger partial charge in [-0.25, -0.2) is 0 Å². The summed E-state index contributed by atoms with van der Waals surface area (Å²) in [6.45, 7) is 15.0. The maximum absolute atomic E-state index is 10.8. The van der Waals surface area contributed by atoms with Gasteiger partial charge in [-0.15, -0.1) is 6.58 Å². The van der Waals surface area contributed by atoms with Gasteiger partial charge in [-0.3, -0.25) is 0 Å². The van der Waals surface area contributed by atoms with Crippen molar-refractivity contribution in [3.63, 3.8) is 0 Å². The average Bonchev–Trinajstić information content (AvgIpc) is 2.69. The van der Waals surface area contributed by atoms with Gasteiger partial charge < -0.3 is 40.0 Å². The molecule has 0 rings (SSSR count). The normalized spacial score (nSPS) is 19.8. The highest BCUT2D eigenvalue weighted by Gasteiger charge is 2.43. The highest BCUT2D eigenvalue weighted by atomic mass is 16.6. The fourth-order valence-corrected chi connectivity index (χ4v) is 2.82. The Bertz CT molecular complexity index is 516. The Kier molecular flexibility index (Phi) is 13.0. The largest absolute Gasteiger partial charge is 0.396 e. The summed E-state index contributed by atoms with van der Waals surface area (Å²) in [4.78, 5) is 0. The van der Waals surface area contributed by atoms with Crippen molar-refractivity contribution < 1.29 is 34.6 Å². The monoisotopic (exact) mass is 445 g/mol. The number of ether oxygens (including phenoxy) is 3. The molecule has 0 fully saturated rings. The molecule has 0 aliphatic carbocycles. The molecule has 31 heavy (non-hydrogen) atoms. The highest BCUT2D eigenvalue weighted by molar-refractivity contribution is 6.14. The zero-order chi connectivity index (χ0) is 24.5. The Morgan fingerprint density at radius 1 is 1.10 bits per heavy atom. The Hall–Kier alpha value is -0.515. The molecule has 0 saturated carbocycles. The Morgan fingerprint density at radius 3 is 2.16 bits per heavy atom. The Balaban J connectivity index is 5.01. The molecule has 0 bridgehead atoms. The number of hydrogen-bond donors (Lipinski definition) is 5. The minimum atomic E-state index is -1.56. The number of aliphatic hydroxyl groups excluding tert-OH is 4. The molecular formula is C22H44BNO7. The predicted molar refractivity (Wildman–Crippen MR) is 122 cm³/mol. The van der Waals surface area contributed by atoms with Crippen molar-refractivity contribution in [3.05, 3.63) is 12.7 Å². The second-order valence-corrected chi connectivity index (χ2v) is 9.69. The van der Waals surface area contributed by atoms with Gasteiger partial charge in [0.15, 0.2) is 6.29 Å². The van der Waals surface area contributed by atoms with Crippen molar-refractivity contribution in [1.29, 1.82) is 0 Å². The van der Waals surface area contributed by atoms with Crippen molar-refractivity contribution in [3.8, 4) is 0 Å². The molecule has 0 aliphatic heterocycles. The molecule has 0 aliphatic rings. The van der Waals surface area contributed by atoms with E-state index in [1.807, 2.05) is 13.0 Å². The summed E-state index contributed by atoms with van der Waals surface area (Å²) in [5, 5.41) is 44.0. The smallest absolute Gasteiger partial charge is 0.183 e. The van der Waals surface area contributed by atoms with E-state index in [-0.39, 0.29) is 19.3 Å². The van der Waals surface area contributed by atoms with Crippen molar-refractivity contribution in [2.75, 3.05) is 26.9 Å². The van der Waals surface area contributed by atoms with Crippen molar-refractivity contribution in [2.24, 2.45) is 5.41 Å². The molecule has 0 spiro atoms. The molecule has 6 unspecified atom stereocenters. The third-order valence-electron chi connectivity index (χ3n) is 5.42. The molecule has 0 aromatic heterocycles. The number of rotatable bonds is 17. The zero-order valence-electron chi connectivity index (χ0n) is 20.3. The van der Waals surface area contributed by atoms with Crippen molar-refractivity contribution >= 4 is 7.85 Å². The maximum atomic E-state index is 10.8. The van der Waals surface area contributed by atoms with Crippen LogP contribution in [-0.4, -0.2) is 96.9 Å². The third kappa shape index (κ3) is 11.3. The van der Waals surface area contributed by atoms with Crippen LogP contribution in [0.3, 0.4) is 0 Å². The summed E-state index contributed by atoms with van der Waals surface area (Å²) in [7, 11) is 7.45. The minimum Gasteiger partial charge on any atom is -0.396 e. The topological polar surface area (TPSA) is 121 Å². The molecule has 6 atom stereocenters. The molecule has 2 radical (unpaired) electrons. The molecular weight excluding hydrogens is 401 g/mol. The lowest BCUT2D eigenvalue weighted by Crippen LogP contribution is -2.55. The third-order valence-corrected chi connectivity index (χ3v) is 5.42. The molecule has 0 saturated heterocycles. The van der Waals surface area contributed by atoms with Crippen LogP contribution in [-0.2, 0) is 14.2 Å². The first-order valence-corrected chi connectivity index (χ1v) is 10.8. The lowest BCUT2D eigenvalue weighted by Gasteiger charge is -2.41. The summed E-state index contributed by atoms with van der Waals surface area (Å²) >= 11 is 0. The van der Waals surface area contributed by atoms with Crippen LogP contribution in [0.4, 0.5) is 0 Å². The summed E-state index contributed by atoms with van der Waals surface area (Å²) in [6, 6.07) is 0.184. The minimum absolute atomic E-state index is 0.184. The number of nitrogens with one attached hydrogen (secondary N) is 1. The molecule has 8 nitrogen and oxygen atoms in total. The van der Waals surface area contributed by atoms with Gasteiger partial charge in [-0.05, 0) is 47.1 Å². The second-order valence-electron chi connectivity index (χ2n) is 9.69. The van der Waals surface area contributed by atoms with E-state index in [0.29, 0.717) is 19.4 Å². The highest BCUT2D eigenvalue weighted by Crippen LogP contribution is 2.30. The van der Waals surface area contributed by atoms with Gasteiger partial charge in [0.05, 0.1) is 18.3 Å². The summed E-state index contributed by atoms with van der Waals surface area (Å²) < 4.78 is 16.6. The van der Waals surface area contributed by atoms with E-state index in [1.54, 1.807) is 34.6 Å². The van der Waals surface area contributed by atoms with Crippen LogP contribution in [0.25, 0.3) is 0 Å². The van der Waals surface area contributed by atoms with E-state index in [1.165, 1.54) is 7.11 Å². The molecule has 5 N–H and O–H groups in total. The van der Waals surface area contributed by atoms with Gasteiger partial charge in [-0.2, -0.15) is 0 Å². The first-order chi connectivity index (χ1) is 14.1. The summed E-state index contributed by atoms with van der Waals surface area (Å²) in [5.41, 5.74) is -2.65. The molecule has 0 aromatic carbocycles. The second kappa shape index (κ2) is 13.3. The first kappa shape index (κ1) is 30.5. The van der Waals surface area contributed by atoms with Crippen LogP contribution >= 0.6 is 0 Å². The standard InChI is InChI=1S/C22H44BNO7/c1-9-15(2)24-12-10-22(7,23)30-13-11-21(5,6)31-17(16(26)19(28)29-8)18(27)20(3,4)14-25/h9,15-19,24-28H,1,10-14H2,2-8H3. The van der Waals surface area contributed by atoms with Crippen LogP contribution in [0.1, 0.15) is 54.4 Å². The molecule has 9 heteroatoms. The van der Waals surface area contributed by atoms with Gasteiger partial charge in [0.25, 0.3) is 0 Å². The fraction of sp³-hybridized carbons (Fsp3) is 0.909.